The van der Waals surface area contributed by atoms with E-state index in [1.807, 2.05) is 31.2 Å². The monoisotopic (exact) mass is 491 g/mol. The number of oxazole rings is 1. The van der Waals surface area contributed by atoms with Crippen LogP contribution in [0.25, 0.3) is 11.1 Å². The van der Waals surface area contributed by atoms with Gasteiger partial charge in [0.15, 0.2) is 0 Å². The molecule has 3 aromatic carbocycles. The van der Waals surface area contributed by atoms with Crippen molar-refractivity contribution in [1.29, 1.82) is 0 Å². The molecular weight excluding hydrogens is 467 g/mol. The lowest BCUT2D eigenvalue weighted by atomic mass is 9.93. The Bertz CT molecular complexity index is 1380. The molecule has 2 N–H and O–H groups in total. The number of amides is 1. The highest BCUT2D eigenvalue weighted by atomic mass is 19.4. The summed E-state index contributed by atoms with van der Waals surface area (Å²) in [7, 11) is 0. The van der Waals surface area contributed by atoms with Crippen molar-refractivity contribution < 1.29 is 22.4 Å². The number of halogens is 3. The number of nitrogens with one attached hydrogen (secondary N) is 2. The molecule has 4 aromatic rings. The number of fused-ring (bicyclic) bond motifs is 1. The lowest BCUT2D eigenvalue weighted by Crippen LogP contribution is -2.29. The van der Waals surface area contributed by atoms with Gasteiger partial charge in [0.1, 0.15) is 6.26 Å². The number of hydrogen-bond donors (Lipinski definition) is 2. The summed E-state index contributed by atoms with van der Waals surface area (Å²) < 4.78 is 44.3. The summed E-state index contributed by atoms with van der Waals surface area (Å²) in [4.78, 5) is 17.4. The molecule has 0 unspecified atom stereocenters. The van der Waals surface area contributed by atoms with Crippen LogP contribution in [0.5, 0.6) is 0 Å². The van der Waals surface area contributed by atoms with Gasteiger partial charge in [0.05, 0.1) is 18.3 Å². The Kier molecular flexibility index (Phi) is 6.36. The minimum Gasteiger partial charge on any atom is -0.448 e. The highest BCUT2D eigenvalue weighted by Crippen LogP contribution is 2.34. The van der Waals surface area contributed by atoms with Crippen LogP contribution in [0.2, 0.25) is 0 Å². The number of carbonyl (C=O) groups is 1. The molecule has 5 rings (SSSR count). The molecule has 0 bridgehead atoms. The molecule has 0 radical (unpaired) electrons. The fourth-order valence-electron chi connectivity index (χ4n) is 4.68. The van der Waals surface area contributed by atoms with Crippen LogP contribution >= 0.6 is 0 Å². The van der Waals surface area contributed by atoms with Crippen molar-refractivity contribution in [2.45, 2.75) is 38.5 Å². The number of carbonyl (C=O) groups excluding carboxylic acids is 1. The van der Waals surface area contributed by atoms with Crippen molar-refractivity contribution in [3.8, 4) is 11.1 Å². The number of rotatable bonds is 6. The Morgan fingerprint density at radius 3 is 2.56 bits per heavy atom. The average Bonchev–Trinajstić information content (AvgIpc) is 3.51. The van der Waals surface area contributed by atoms with Crippen LogP contribution < -0.4 is 10.6 Å². The van der Waals surface area contributed by atoms with Gasteiger partial charge in [-0.3, -0.25) is 4.79 Å². The van der Waals surface area contributed by atoms with Crippen LogP contribution in [-0.2, 0) is 25.6 Å². The second-order valence-electron chi connectivity index (χ2n) is 8.92. The second kappa shape index (κ2) is 9.62. The van der Waals surface area contributed by atoms with Gasteiger partial charge < -0.3 is 15.1 Å². The molecular formula is C28H24F3N3O2. The minimum atomic E-state index is -4.41. The van der Waals surface area contributed by atoms with E-state index in [-0.39, 0.29) is 11.9 Å². The third-order valence-electron chi connectivity index (χ3n) is 6.44. The highest BCUT2D eigenvalue weighted by Gasteiger charge is 2.30. The van der Waals surface area contributed by atoms with E-state index in [1.165, 1.54) is 17.7 Å². The number of hydrogen-bond acceptors (Lipinski definition) is 4. The Balaban J connectivity index is 1.32. The van der Waals surface area contributed by atoms with Gasteiger partial charge in [-0.1, -0.05) is 30.3 Å². The maximum absolute atomic E-state index is 13.3. The highest BCUT2D eigenvalue weighted by molar-refractivity contribution is 6.09. The fraction of sp³-hybridized carbons (Fsp3) is 0.214. The van der Waals surface area contributed by atoms with E-state index in [2.05, 4.69) is 15.6 Å². The normalized spacial score (nSPS) is 15.1. The molecule has 1 atom stereocenters. The van der Waals surface area contributed by atoms with Crippen molar-refractivity contribution in [3.05, 3.63) is 107 Å². The summed E-state index contributed by atoms with van der Waals surface area (Å²) in [6.45, 7) is 2.39. The van der Waals surface area contributed by atoms with E-state index in [0.717, 1.165) is 36.1 Å². The third-order valence-corrected chi connectivity index (χ3v) is 6.44. The first-order chi connectivity index (χ1) is 17.3. The molecule has 1 heterocycles. The van der Waals surface area contributed by atoms with Crippen LogP contribution in [0.15, 0.2) is 77.5 Å². The SMILES string of the molecule is Cc1cccc(C(=O)Nc2ccc3c(c2)C[C@@H](NCc2ncco2)C3)c1-c1ccc(C(F)(F)F)cc1. The van der Waals surface area contributed by atoms with Crippen molar-refractivity contribution in [3.63, 3.8) is 0 Å². The van der Waals surface area contributed by atoms with E-state index < -0.39 is 11.7 Å². The number of anilines is 1. The number of aryl methyl sites for hydroxylation is 1. The molecule has 184 valence electrons. The van der Waals surface area contributed by atoms with Gasteiger partial charge in [-0.25, -0.2) is 4.98 Å². The maximum Gasteiger partial charge on any atom is 0.416 e. The van der Waals surface area contributed by atoms with Gasteiger partial charge in [-0.05, 0) is 77.9 Å². The standard InChI is InChI=1S/C28H24F3N3O2/c1-17-3-2-4-24(26(17)18-5-8-21(9-6-18)28(29,30)31)27(35)34-22-10-7-19-13-23(15-20(19)14-22)33-16-25-32-11-12-36-25/h2-12,14,23,33H,13,15-16H2,1H3,(H,34,35)/t23-/m0/s1. The number of nitrogens with zero attached hydrogens (tertiary/aromatic N) is 1. The van der Waals surface area contributed by atoms with E-state index in [9.17, 15) is 18.0 Å². The average molecular weight is 492 g/mol. The maximum atomic E-state index is 13.3. The minimum absolute atomic E-state index is 0.251. The van der Waals surface area contributed by atoms with E-state index in [0.29, 0.717) is 34.8 Å². The van der Waals surface area contributed by atoms with Crippen molar-refractivity contribution in [1.82, 2.24) is 10.3 Å². The molecule has 1 aliphatic carbocycles. The largest absolute Gasteiger partial charge is 0.448 e. The second-order valence-corrected chi connectivity index (χ2v) is 8.92. The summed E-state index contributed by atoms with van der Waals surface area (Å²) in [5, 5.41) is 6.41. The summed E-state index contributed by atoms with van der Waals surface area (Å²) >= 11 is 0. The van der Waals surface area contributed by atoms with Crippen molar-refractivity contribution in [2.24, 2.45) is 0 Å². The molecule has 0 aliphatic heterocycles. The smallest absolute Gasteiger partial charge is 0.416 e. The van der Waals surface area contributed by atoms with Gasteiger partial charge in [0.2, 0.25) is 5.89 Å². The molecule has 0 fully saturated rings. The van der Waals surface area contributed by atoms with E-state index in [1.54, 1.807) is 24.6 Å². The Morgan fingerprint density at radius 1 is 1.06 bits per heavy atom. The zero-order chi connectivity index (χ0) is 25.3. The van der Waals surface area contributed by atoms with Crippen LogP contribution in [-0.4, -0.2) is 16.9 Å². The Labute approximate surface area is 206 Å². The number of alkyl halides is 3. The van der Waals surface area contributed by atoms with E-state index in [4.69, 9.17) is 4.42 Å². The predicted molar refractivity (Wildman–Crippen MR) is 131 cm³/mol. The zero-order valence-corrected chi connectivity index (χ0v) is 19.5. The molecule has 1 aromatic heterocycles. The van der Waals surface area contributed by atoms with Gasteiger partial charge >= 0.3 is 6.18 Å². The van der Waals surface area contributed by atoms with Crippen LogP contribution in [0.4, 0.5) is 18.9 Å². The first-order valence-electron chi connectivity index (χ1n) is 11.6. The Morgan fingerprint density at radius 2 is 1.83 bits per heavy atom. The molecule has 1 amide bonds. The molecule has 0 spiro atoms. The molecule has 8 heteroatoms. The van der Waals surface area contributed by atoms with Crippen LogP contribution in [0.1, 0.15) is 38.5 Å². The Hall–Kier alpha value is -3.91. The number of benzene rings is 3. The van der Waals surface area contributed by atoms with Gasteiger partial charge in [-0.15, -0.1) is 0 Å². The van der Waals surface area contributed by atoms with Crippen molar-refractivity contribution >= 4 is 11.6 Å². The lowest BCUT2D eigenvalue weighted by molar-refractivity contribution is -0.137. The lowest BCUT2D eigenvalue weighted by Gasteiger charge is -2.15. The third kappa shape index (κ3) is 5.04. The quantitative estimate of drug-likeness (QED) is 0.338. The molecule has 36 heavy (non-hydrogen) atoms. The summed E-state index contributed by atoms with van der Waals surface area (Å²) in [6, 6.07) is 16.3. The first-order valence-corrected chi connectivity index (χ1v) is 11.6. The molecule has 1 aliphatic rings. The topological polar surface area (TPSA) is 67.2 Å². The van der Waals surface area contributed by atoms with E-state index >= 15 is 0 Å². The van der Waals surface area contributed by atoms with Crippen molar-refractivity contribution in [2.75, 3.05) is 5.32 Å². The fourth-order valence-corrected chi connectivity index (χ4v) is 4.68. The molecule has 5 nitrogen and oxygen atoms in total. The van der Waals surface area contributed by atoms with Gasteiger partial charge in [0.25, 0.3) is 5.91 Å². The van der Waals surface area contributed by atoms with Crippen LogP contribution in [0, 0.1) is 6.92 Å². The summed E-state index contributed by atoms with van der Waals surface area (Å²) in [5.74, 6) is 0.325. The van der Waals surface area contributed by atoms with Gasteiger partial charge in [0, 0.05) is 17.3 Å². The van der Waals surface area contributed by atoms with Crippen LogP contribution in [0.3, 0.4) is 0 Å². The number of aromatic nitrogens is 1. The molecule has 0 saturated heterocycles. The molecule has 0 saturated carbocycles. The zero-order valence-electron chi connectivity index (χ0n) is 19.5. The van der Waals surface area contributed by atoms with Gasteiger partial charge in [-0.2, -0.15) is 13.2 Å². The predicted octanol–water partition coefficient (Wildman–Crippen LogP) is 6.18. The summed E-state index contributed by atoms with van der Waals surface area (Å²) in [5.41, 5.74) is 4.70. The first kappa shape index (κ1) is 23.8. The summed E-state index contributed by atoms with van der Waals surface area (Å²) in [6.07, 6.45) is 0.447.